The van der Waals surface area contributed by atoms with E-state index in [0.29, 0.717) is 0 Å². The fourth-order valence-corrected chi connectivity index (χ4v) is 2.37. The van der Waals surface area contributed by atoms with Crippen molar-refractivity contribution in [3.63, 3.8) is 0 Å². The summed E-state index contributed by atoms with van der Waals surface area (Å²) in [6, 6.07) is 8.91. The molecule has 1 saturated carbocycles. The maximum atomic E-state index is 5.48. The van der Waals surface area contributed by atoms with E-state index in [4.69, 9.17) is 6.42 Å². The molecule has 0 heterocycles. The third kappa shape index (κ3) is 6.33. The maximum Gasteiger partial charge on any atom is 0.0601 e. The van der Waals surface area contributed by atoms with Crippen molar-refractivity contribution in [2.24, 2.45) is 5.92 Å². The fraction of sp³-hybridized carbons (Fsp3) is 0.579. The van der Waals surface area contributed by atoms with Gasteiger partial charge in [-0.05, 0) is 50.7 Å². The fourth-order valence-electron chi connectivity index (χ4n) is 2.37. The second-order valence-electron chi connectivity index (χ2n) is 7.24. The largest absolute Gasteiger partial charge is 0.308 e. The molecule has 0 amide bonds. The first kappa shape index (κ1) is 16.1. The molecular formula is C19H28N2. The van der Waals surface area contributed by atoms with E-state index in [-0.39, 0.29) is 5.54 Å². The van der Waals surface area contributed by atoms with Crippen LogP contribution in [0.3, 0.4) is 0 Å². The summed E-state index contributed by atoms with van der Waals surface area (Å²) >= 11 is 0. The van der Waals surface area contributed by atoms with Gasteiger partial charge < -0.3 is 5.32 Å². The lowest BCUT2D eigenvalue weighted by molar-refractivity contribution is 0.286. The van der Waals surface area contributed by atoms with Crippen LogP contribution in [-0.4, -0.2) is 23.5 Å². The molecule has 0 atom stereocenters. The predicted molar refractivity (Wildman–Crippen MR) is 89.9 cm³/mol. The monoisotopic (exact) mass is 284 g/mol. The molecular weight excluding hydrogens is 256 g/mol. The van der Waals surface area contributed by atoms with Crippen LogP contribution in [0.1, 0.15) is 44.7 Å². The zero-order valence-electron chi connectivity index (χ0n) is 13.7. The second-order valence-corrected chi connectivity index (χ2v) is 7.24. The van der Waals surface area contributed by atoms with E-state index in [1.54, 1.807) is 0 Å². The van der Waals surface area contributed by atoms with Gasteiger partial charge in [0.2, 0.25) is 0 Å². The number of benzene rings is 1. The Morgan fingerprint density at radius 2 is 1.81 bits per heavy atom. The molecule has 0 saturated heterocycles. The van der Waals surface area contributed by atoms with E-state index in [1.807, 2.05) is 0 Å². The van der Waals surface area contributed by atoms with Crippen molar-refractivity contribution in [1.82, 2.24) is 10.2 Å². The lowest BCUT2D eigenvalue weighted by Gasteiger charge is -2.21. The second kappa shape index (κ2) is 7.11. The van der Waals surface area contributed by atoms with Crippen LogP contribution < -0.4 is 5.32 Å². The zero-order valence-corrected chi connectivity index (χ0v) is 13.7. The highest BCUT2D eigenvalue weighted by molar-refractivity contribution is 5.22. The molecule has 1 aromatic carbocycles. The van der Waals surface area contributed by atoms with Crippen molar-refractivity contribution in [2.45, 2.75) is 52.2 Å². The van der Waals surface area contributed by atoms with Crippen LogP contribution in [-0.2, 0) is 13.1 Å². The minimum atomic E-state index is 0.159. The molecule has 1 aliphatic carbocycles. The lowest BCUT2D eigenvalue weighted by atomic mass is 10.1. The van der Waals surface area contributed by atoms with Crippen LogP contribution in [0.4, 0.5) is 0 Å². The first-order valence-electron chi connectivity index (χ1n) is 7.95. The van der Waals surface area contributed by atoms with Gasteiger partial charge in [0.15, 0.2) is 0 Å². The summed E-state index contributed by atoms with van der Waals surface area (Å²) in [6.07, 6.45) is 8.23. The quantitative estimate of drug-likeness (QED) is 0.772. The molecule has 1 N–H and O–H groups in total. The highest BCUT2D eigenvalue weighted by atomic mass is 15.1. The van der Waals surface area contributed by atoms with Gasteiger partial charge in [0.1, 0.15) is 0 Å². The summed E-state index contributed by atoms with van der Waals surface area (Å²) in [5, 5.41) is 3.52. The topological polar surface area (TPSA) is 15.3 Å². The van der Waals surface area contributed by atoms with Crippen LogP contribution in [0.15, 0.2) is 24.3 Å². The Kier molecular flexibility index (Phi) is 5.45. The van der Waals surface area contributed by atoms with Crippen LogP contribution in [0, 0.1) is 18.3 Å². The third-order valence-corrected chi connectivity index (χ3v) is 3.78. The standard InChI is InChI=1S/C19H28N2/c1-5-12-21(15-18-10-11-18)14-17-8-6-16(7-9-17)13-20-19(2,3)4/h1,6-9,18,20H,10-15H2,2-4H3. The third-order valence-electron chi connectivity index (χ3n) is 3.78. The van der Waals surface area contributed by atoms with Crippen LogP contribution in [0.2, 0.25) is 0 Å². The summed E-state index contributed by atoms with van der Waals surface area (Å²) in [5.74, 6) is 3.67. The normalized spacial score (nSPS) is 15.2. The van der Waals surface area contributed by atoms with Crippen molar-refractivity contribution in [3.05, 3.63) is 35.4 Å². The number of hydrogen-bond acceptors (Lipinski definition) is 2. The molecule has 1 aromatic rings. The number of hydrogen-bond donors (Lipinski definition) is 1. The number of nitrogens with one attached hydrogen (secondary N) is 1. The van der Waals surface area contributed by atoms with E-state index >= 15 is 0 Å². The minimum absolute atomic E-state index is 0.159. The van der Waals surface area contributed by atoms with Gasteiger partial charge >= 0.3 is 0 Å². The molecule has 2 heteroatoms. The minimum Gasteiger partial charge on any atom is -0.308 e. The van der Waals surface area contributed by atoms with Gasteiger partial charge in [0.25, 0.3) is 0 Å². The average molecular weight is 284 g/mol. The molecule has 0 aromatic heterocycles. The molecule has 2 nitrogen and oxygen atoms in total. The Bertz CT molecular complexity index is 472. The predicted octanol–water partition coefficient (Wildman–Crippen LogP) is 3.42. The molecule has 114 valence electrons. The highest BCUT2D eigenvalue weighted by Crippen LogP contribution is 2.30. The van der Waals surface area contributed by atoms with Gasteiger partial charge in [0, 0.05) is 25.2 Å². The summed E-state index contributed by atoms with van der Waals surface area (Å²) in [6.45, 7) is 10.4. The Morgan fingerprint density at radius 1 is 1.19 bits per heavy atom. The first-order chi connectivity index (χ1) is 9.96. The van der Waals surface area contributed by atoms with Gasteiger partial charge in [-0.15, -0.1) is 6.42 Å². The van der Waals surface area contributed by atoms with E-state index in [9.17, 15) is 0 Å². The number of rotatable bonds is 7. The number of nitrogens with zero attached hydrogens (tertiary/aromatic N) is 1. The molecule has 0 aliphatic heterocycles. The molecule has 1 aliphatic rings. The summed E-state index contributed by atoms with van der Waals surface area (Å²) in [4.78, 5) is 2.39. The SMILES string of the molecule is C#CCN(Cc1ccc(CNC(C)(C)C)cc1)CC1CC1. The zero-order chi connectivity index (χ0) is 15.3. The molecule has 0 spiro atoms. The van der Waals surface area contributed by atoms with Gasteiger partial charge in [0.05, 0.1) is 6.54 Å². The van der Waals surface area contributed by atoms with Gasteiger partial charge in [-0.1, -0.05) is 30.2 Å². The van der Waals surface area contributed by atoms with E-state index in [1.165, 1.54) is 24.0 Å². The van der Waals surface area contributed by atoms with E-state index in [2.05, 4.69) is 61.2 Å². The Balaban J connectivity index is 1.86. The molecule has 1 fully saturated rings. The summed E-state index contributed by atoms with van der Waals surface area (Å²) < 4.78 is 0. The highest BCUT2D eigenvalue weighted by Gasteiger charge is 2.23. The molecule has 0 radical (unpaired) electrons. The Hall–Kier alpha value is -1.30. The van der Waals surface area contributed by atoms with E-state index in [0.717, 1.165) is 32.1 Å². The Labute approximate surface area is 129 Å². The van der Waals surface area contributed by atoms with Gasteiger partial charge in [-0.3, -0.25) is 4.90 Å². The summed E-state index contributed by atoms with van der Waals surface area (Å²) in [7, 11) is 0. The van der Waals surface area contributed by atoms with Crippen molar-refractivity contribution in [2.75, 3.05) is 13.1 Å². The molecule has 2 rings (SSSR count). The smallest absolute Gasteiger partial charge is 0.0601 e. The van der Waals surface area contributed by atoms with Crippen LogP contribution in [0.25, 0.3) is 0 Å². The van der Waals surface area contributed by atoms with Crippen LogP contribution in [0.5, 0.6) is 0 Å². The van der Waals surface area contributed by atoms with Crippen LogP contribution >= 0.6 is 0 Å². The van der Waals surface area contributed by atoms with Gasteiger partial charge in [-0.25, -0.2) is 0 Å². The van der Waals surface area contributed by atoms with Crippen molar-refractivity contribution < 1.29 is 0 Å². The van der Waals surface area contributed by atoms with Crippen molar-refractivity contribution in [1.29, 1.82) is 0 Å². The molecule has 0 unspecified atom stereocenters. The maximum absolute atomic E-state index is 5.48. The first-order valence-corrected chi connectivity index (χ1v) is 7.95. The number of terminal acetylenes is 1. The van der Waals surface area contributed by atoms with Crippen molar-refractivity contribution in [3.8, 4) is 12.3 Å². The summed E-state index contributed by atoms with van der Waals surface area (Å²) in [5.41, 5.74) is 2.84. The van der Waals surface area contributed by atoms with Gasteiger partial charge in [-0.2, -0.15) is 0 Å². The van der Waals surface area contributed by atoms with E-state index < -0.39 is 0 Å². The molecule has 0 bridgehead atoms. The molecule has 21 heavy (non-hydrogen) atoms. The van der Waals surface area contributed by atoms with Crippen molar-refractivity contribution >= 4 is 0 Å². The Morgan fingerprint density at radius 3 is 2.33 bits per heavy atom. The average Bonchev–Trinajstić information content (AvgIpc) is 3.21. The lowest BCUT2D eigenvalue weighted by Crippen LogP contribution is -2.35.